The van der Waals surface area contributed by atoms with Gasteiger partial charge in [-0.05, 0) is 46.9 Å². The lowest BCUT2D eigenvalue weighted by Gasteiger charge is -2.35. The van der Waals surface area contributed by atoms with Crippen molar-refractivity contribution in [3.8, 4) is 11.1 Å². The van der Waals surface area contributed by atoms with Gasteiger partial charge in [-0.3, -0.25) is 9.59 Å². The number of nitrogens with zero attached hydrogens (tertiary/aromatic N) is 1. The molecule has 1 saturated heterocycles. The van der Waals surface area contributed by atoms with Crippen LogP contribution in [0.4, 0.5) is 4.79 Å². The first-order valence-electron chi connectivity index (χ1n) is 12.3. The molecule has 0 saturated carbocycles. The lowest BCUT2D eigenvalue weighted by molar-refractivity contribution is -0.140. The SMILES string of the molecule is CC(C)(C)C(NC(=O)OCC1c2ccccc2-c2ccccc21)C(=O)N1CCCC1CCC(=O)O. The first kappa shape index (κ1) is 24.8. The number of rotatable bonds is 7. The number of nitrogens with one attached hydrogen (secondary N) is 1. The van der Waals surface area contributed by atoms with Crippen molar-refractivity contribution in [3.05, 3.63) is 59.7 Å². The van der Waals surface area contributed by atoms with E-state index in [0.717, 1.165) is 35.1 Å². The maximum atomic E-state index is 13.5. The average molecular weight is 479 g/mol. The molecular formula is C28H34N2O5. The van der Waals surface area contributed by atoms with Crippen LogP contribution in [0.5, 0.6) is 0 Å². The smallest absolute Gasteiger partial charge is 0.407 e. The van der Waals surface area contributed by atoms with Gasteiger partial charge in [-0.15, -0.1) is 0 Å². The molecule has 2 aromatic rings. The third kappa shape index (κ3) is 5.34. The highest BCUT2D eigenvalue weighted by molar-refractivity contribution is 5.87. The van der Waals surface area contributed by atoms with Crippen LogP contribution in [0.1, 0.15) is 63.5 Å². The van der Waals surface area contributed by atoms with E-state index in [-0.39, 0.29) is 30.9 Å². The molecule has 7 heteroatoms. The summed E-state index contributed by atoms with van der Waals surface area (Å²) in [5, 5.41) is 11.9. The molecule has 4 rings (SSSR count). The van der Waals surface area contributed by atoms with Crippen molar-refractivity contribution in [3.63, 3.8) is 0 Å². The normalized spacial score (nSPS) is 18.0. The number of aliphatic carboxylic acids is 1. The standard InChI is InChI=1S/C28H34N2O5/c1-28(2,3)25(26(33)30-16-8-9-18(30)14-15-24(31)32)29-27(34)35-17-23-21-12-6-4-10-19(21)20-11-5-7-13-22(20)23/h4-7,10-13,18,23,25H,8-9,14-17H2,1-3H3,(H,29,34)(H,31,32). The largest absolute Gasteiger partial charge is 0.481 e. The number of carboxylic acid groups (broad SMARTS) is 1. The topological polar surface area (TPSA) is 95.9 Å². The molecule has 1 aliphatic heterocycles. The Labute approximate surface area is 206 Å². The minimum absolute atomic E-state index is 0.0223. The Bertz CT molecular complexity index is 1060. The second-order valence-electron chi connectivity index (χ2n) is 10.5. The Hall–Kier alpha value is -3.35. The molecule has 2 atom stereocenters. The van der Waals surface area contributed by atoms with Crippen LogP contribution < -0.4 is 5.32 Å². The highest BCUT2D eigenvalue weighted by Crippen LogP contribution is 2.44. The minimum Gasteiger partial charge on any atom is -0.481 e. The Morgan fingerprint density at radius 2 is 1.66 bits per heavy atom. The number of hydrogen-bond donors (Lipinski definition) is 2. The summed E-state index contributed by atoms with van der Waals surface area (Å²) in [5.74, 6) is -1.11. The second kappa shape index (κ2) is 10.1. The summed E-state index contributed by atoms with van der Waals surface area (Å²) in [6.45, 7) is 6.46. The maximum Gasteiger partial charge on any atom is 0.407 e. The fourth-order valence-corrected chi connectivity index (χ4v) is 5.29. The molecule has 0 spiro atoms. The summed E-state index contributed by atoms with van der Waals surface area (Å²) >= 11 is 0. The van der Waals surface area contributed by atoms with E-state index in [9.17, 15) is 14.4 Å². The van der Waals surface area contributed by atoms with E-state index in [1.807, 2.05) is 45.0 Å². The van der Waals surface area contributed by atoms with Crippen molar-refractivity contribution in [2.24, 2.45) is 5.41 Å². The van der Waals surface area contributed by atoms with Gasteiger partial charge in [0.15, 0.2) is 0 Å². The molecule has 2 aliphatic rings. The molecule has 2 amide bonds. The summed E-state index contributed by atoms with van der Waals surface area (Å²) in [6, 6.07) is 15.4. The van der Waals surface area contributed by atoms with Gasteiger partial charge in [0.05, 0.1) is 0 Å². The molecule has 35 heavy (non-hydrogen) atoms. The molecule has 1 aliphatic carbocycles. The van der Waals surface area contributed by atoms with Crippen molar-refractivity contribution < 1.29 is 24.2 Å². The predicted octanol–water partition coefficient (Wildman–Crippen LogP) is 4.80. The van der Waals surface area contributed by atoms with Crippen molar-refractivity contribution in [1.82, 2.24) is 10.2 Å². The van der Waals surface area contributed by atoms with Crippen molar-refractivity contribution in [2.45, 2.75) is 64.5 Å². The van der Waals surface area contributed by atoms with E-state index >= 15 is 0 Å². The van der Waals surface area contributed by atoms with Gasteiger partial charge in [0.2, 0.25) is 5.91 Å². The van der Waals surface area contributed by atoms with Crippen molar-refractivity contribution >= 4 is 18.0 Å². The molecule has 2 aromatic carbocycles. The van der Waals surface area contributed by atoms with E-state index in [0.29, 0.717) is 13.0 Å². The molecule has 2 N–H and O–H groups in total. The molecule has 2 unspecified atom stereocenters. The molecule has 1 fully saturated rings. The van der Waals surface area contributed by atoms with Gasteiger partial charge in [-0.25, -0.2) is 4.79 Å². The van der Waals surface area contributed by atoms with Crippen LogP contribution >= 0.6 is 0 Å². The molecule has 186 valence electrons. The lowest BCUT2D eigenvalue weighted by Crippen LogP contribution is -2.55. The third-order valence-electron chi connectivity index (χ3n) is 7.07. The second-order valence-corrected chi connectivity index (χ2v) is 10.5. The fraction of sp³-hybridized carbons (Fsp3) is 0.464. The first-order chi connectivity index (χ1) is 16.7. The number of benzene rings is 2. The van der Waals surface area contributed by atoms with Crippen LogP contribution in [0.3, 0.4) is 0 Å². The molecule has 7 nitrogen and oxygen atoms in total. The van der Waals surface area contributed by atoms with Crippen LogP contribution in [0.2, 0.25) is 0 Å². The van der Waals surface area contributed by atoms with Gasteiger partial charge < -0.3 is 20.1 Å². The zero-order valence-electron chi connectivity index (χ0n) is 20.6. The van der Waals surface area contributed by atoms with E-state index < -0.39 is 23.5 Å². The fourth-order valence-electron chi connectivity index (χ4n) is 5.29. The first-order valence-corrected chi connectivity index (χ1v) is 12.3. The Morgan fingerprint density at radius 3 is 2.23 bits per heavy atom. The Morgan fingerprint density at radius 1 is 1.06 bits per heavy atom. The van der Waals surface area contributed by atoms with Crippen molar-refractivity contribution in [1.29, 1.82) is 0 Å². The van der Waals surface area contributed by atoms with E-state index in [4.69, 9.17) is 9.84 Å². The summed E-state index contributed by atoms with van der Waals surface area (Å²) in [6.07, 6.45) is 1.43. The number of carbonyl (C=O) groups excluding carboxylic acids is 2. The molecule has 0 radical (unpaired) electrons. The monoisotopic (exact) mass is 478 g/mol. The average Bonchev–Trinajstić information content (AvgIpc) is 3.41. The summed E-state index contributed by atoms with van der Waals surface area (Å²) in [5.41, 5.74) is 4.02. The number of ether oxygens (including phenoxy) is 1. The number of carbonyl (C=O) groups is 3. The van der Waals surface area contributed by atoms with Crippen LogP contribution in [0.25, 0.3) is 11.1 Å². The Balaban J connectivity index is 1.44. The number of hydrogen-bond acceptors (Lipinski definition) is 4. The van der Waals surface area contributed by atoms with Crippen molar-refractivity contribution in [2.75, 3.05) is 13.2 Å². The zero-order chi connectivity index (χ0) is 25.2. The molecule has 1 heterocycles. The Kier molecular flexibility index (Phi) is 7.15. The van der Waals surface area contributed by atoms with E-state index in [2.05, 4.69) is 29.6 Å². The number of carboxylic acids is 1. The molecule has 0 aromatic heterocycles. The summed E-state index contributed by atoms with van der Waals surface area (Å²) in [7, 11) is 0. The van der Waals surface area contributed by atoms with Gasteiger partial charge in [0.1, 0.15) is 12.6 Å². The van der Waals surface area contributed by atoms with Gasteiger partial charge in [-0.2, -0.15) is 0 Å². The predicted molar refractivity (Wildman–Crippen MR) is 133 cm³/mol. The quantitative estimate of drug-likeness (QED) is 0.596. The molecule has 0 bridgehead atoms. The highest BCUT2D eigenvalue weighted by atomic mass is 16.5. The molecular weight excluding hydrogens is 444 g/mol. The maximum absolute atomic E-state index is 13.5. The number of likely N-dealkylation sites (tertiary alicyclic amines) is 1. The van der Waals surface area contributed by atoms with Gasteiger partial charge in [0.25, 0.3) is 0 Å². The van der Waals surface area contributed by atoms with Gasteiger partial charge in [-0.1, -0.05) is 69.3 Å². The zero-order valence-corrected chi connectivity index (χ0v) is 20.6. The van der Waals surface area contributed by atoms with Crippen LogP contribution in [0, 0.1) is 5.41 Å². The van der Waals surface area contributed by atoms with E-state index in [1.165, 1.54) is 0 Å². The van der Waals surface area contributed by atoms with Gasteiger partial charge in [0, 0.05) is 24.9 Å². The van der Waals surface area contributed by atoms with Crippen LogP contribution in [-0.4, -0.2) is 53.2 Å². The lowest BCUT2D eigenvalue weighted by atomic mass is 9.85. The minimum atomic E-state index is -0.867. The highest BCUT2D eigenvalue weighted by Gasteiger charge is 2.40. The van der Waals surface area contributed by atoms with E-state index in [1.54, 1.807) is 4.90 Å². The van der Waals surface area contributed by atoms with Crippen LogP contribution in [0.15, 0.2) is 48.5 Å². The third-order valence-corrected chi connectivity index (χ3v) is 7.07. The van der Waals surface area contributed by atoms with Crippen LogP contribution in [-0.2, 0) is 14.3 Å². The van der Waals surface area contributed by atoms with Gasteiger partial charge >= 0.3 is 12.1 Å². The summed E-state index contributed by atoms with van der Waals surface area (Å²) in [4.78, 5) is 39.2. The summed E-state index contributed by atoms with van der Waals surface area (Å²) < 4.78 is 5.69. The number of alkyl carbamates (subject to hydrolysis) is 1. The number of fused-ring (bicyclic) bond motifs is 3. The number of amides is 2.